The fraction of sp³-hybridized carbons (Fsp3) is 0.409. The standard InChI is InChI=1S/C22H27ClN8/c1-4-6-7-20-24-21(15(3)5-2)27-30(20)14-16-8-10-17(11-9-16)31-18(12-13-19(31)23)22-25-28-29-26-22/h8-13,15H,4-7,14H2,1-3H3,(H,25,26,28,29). The molecule has 4 rings (SSSR count). The molecule has 4 aromatic rings. The number of unbranched alkanes of at least 4 members (excludes halogenated alkanes) is 1. The van der Waals surface area contributed by atoms with Crippen LogP contribution in [0.1, 0.15) is 63.2 Å². The van der Waals surface area contributed by atoms with Gasteiger partial charge in [0.05, 0.1) is 12.2 Å². The minimum atomic E-state index is 0.364. The molecule has 0 aliphatic heterocycles. The fourth-order valence-corrected chi connectivity index (χ4v) is 3.73. The maximum Gasteiger partial charge on any atom is 0.221 e. The van der Waals surface area contributed by atoms with Crippen LogP contribution in [-0.2, 0) is 13.0 Å². The van der Waals surface area contributed by atoms with Crippen molar-refractivity contribution in [3.63, 3.8) is 0 Å². The van der Waals surface area contributed by atoms with E-state index in [1.807, 2.05) is 28.8 Å². The maximum atomic E-state index is 6.44. The van der Waals surface area contributed by atoms with E-state index in [0.29, 0.717) is 23.4 Å². The van der Waals surface area contributed by atoms with Crippen LogP contribution in [0.25, 0.3) is 17.2 Å². The lowest BCUT2D eigenvalue weighted by molar-refractivity contribution is 0.602. The highest BCUT2D eigenvalue weighted by Gasteiger charge is 2.16. The molecule has 0 aliphatic rings. The minimum Gasteiger partial charge on any atom is -0.297 e. The summed E-state index contributed by atoms with van der Waals surface area (Å²) in [4.78, 5) is 4.83. The Kier molecular flexibility index (Phi) is 6.46. The second-order valence-corrected chi connectivity index (χ2v) is 8.12. The third-order valence-corrected chi connectivity index (χ3v) is 5.80. The summed E-state index contributed by atoms with van der Waals surface area (Å²) >= 11 is 6.44. The van der Waals surface area contributed by atoms with E-state index >= 15 is 0 Å². The highest BCUT2D eigenvalue weighted by Crippen LogP contribution is 2.27. The van der Waals surface area contributed by atoms with Crippen LogP contribution in [-0.4, -0.2) is 40.0 Å². The summed E-state index contributed by atoms with van der Waals surface area (Å²) in [6, 6.07) is 12.0. The molecule has 8 nitrogen and oxygen atoms in total. The molecule has 1 N–H and O–H groups in total. The smallest absolute Gasteiger partial charge is 0.221 e. The number of H-pyrrole nitrogens is 1. The van der Waals surface area contributed by atoms with Crippen LogP contribution in [0.5, 0.6) is 0 Å². The van der Waals surface area contributed by atoms with Crippen LogP contribution in [0.15, 0.2) is 36.4 Å². The summed E-state index contributed by atoms with van der Waals surface area (Å²) in [6.07, 6.45) is 4.24. The largest absolute Gasteiger partial charge is 0.297 e. The zero-order valence-corrected chi connectivity index (χ0v) is 18.8. The summed E-state index contributed by atoms with van der Waals surface area (Å²) in [5, 5.41) is 19.7. The molecule has 0 spiro atoms. The Balaban J connectivity index is 1.59. The molecule has 0 bridgehead atoms. The zero-order valence-electron chi connectivity index (χ0n) is 18.1. The Labute approximate surface area is 186 Å². The molecule has 162 valence electrons. The summed E-state index contributed by atoms with van der Waals surface area (Å²) in [5.41, 5.74) is 2.87. The van der Waals surface area contributed by atoms with Gasteiger partial charge in [-0.15, -0.1) is 10.2 Å². The van der Waals surface area contributed by atoms with E-state index in [1.54, 1.807) is 0 Å². The lowest BCUT2D eigenvalue weighted by atomic mass is 10.1. The SMILES string of the molecule is CCCCc1nc(C(C)CC)nn1Cc1ccc(-n2c(Cl)ccc2-c2nn[nH]n2)cc1. The fourth-order valence-electron chi connectivity index (χ4n) is 3.47. The number of aryl methyl sites for hydroxylation is 1. The van der Waals surface area contributed by atoms with Gasteiger partial charge in [-0.1, -0.05) is 50.9 Å². The number of tetrazole rings is 1. The topological polar surface area (TPSA) is 90.1 Å². The van der Waals surface area contributed by atoms with Crippen LogP contribution < -0.4 is 0 Å². The molecule has 9 heteroatoms. The monoisotopic (exact) mass is 438 g/mol. The molecule has 3 heterocycles. The van der Waals surface area contributed by atoms with Gasteiger partial charge in [-0.25, -0.2) is 9.67 Å². The first-order valence-electron chi connectivity index (χ1n) is 10.7. The Morgan fingerprint density at radius 2 is 1.90 bits per heavy atom. The number of rotatable bonds is 9. The van der Waals surface area contributed by atoms with E-state index in [0.717, 1.165) is 54.3 Å². The third kappa shape index (κ3) is 4.54. The van der Waals surface area contributed by atoms with Gasteiger partial charge in [0.15, 0.2) is 5.82 Å². The Morgan fingerprint density at radius 1 is 1.10 bits per heavy atom. The third-order valence-electron chi connectivity index (χ3n) is 5.51. The number of hydrogen-bond acceptors (Lipinski definition) is 5. The van der Waals surface area contributed by atoms with Gasteiger partial charge in [-0.3, -0.25) is 4.57 Å². The summed E-state index contributed by atoms with van der Waals surface area (Å²) in [6.45, 7) is 7.25. The normalized spacial score (nSPS) is 12.4. The molecule has 0 aliphatic carbocycles. The first-order chi connectivity index (χ1) is 15.1. The summed E-state index contributed by atoms with van der Waals surface area (Å²) < 4.78 is 3.96. The quantitative estimate of drug-likeness (QED) is 0.405. The van der Waals surface area contributed by atoms with Crippen molar-refractivity contribution in [3.8, 4) is 17.2 Å². The number of nitrogens with zero attached hydrogens (tertiary/aromatic N) is 7. The van der Waals surface area contributed by atoms with Crippen molar-refractivity contribution in [1.82, 2.24) is 40.0 Å². The molecule has 1 aromatic carbocycles. The van der Waals surface area contributed by atoms with Gasteiger partial charge in [0.25, 0.3) is 0 Å². The molecular weight excluding hydrogens is 412 g/mol. The predicted octanol–water partition coefficient (Wildman–Crippen LogP) is 4.81. The van der Waals surface area contributed by atoms with Crippen molar-refractivity contribution in [1.29, 1.82) is 0 Å². The number of aromatic nitrogens is 8. The van der Waals surface area contributed by atoms with Gasteiger partial charge in [0.1, 0.15) is 11.0 Å². The summed E-state index contributed by atoms with van der Waals surface area (Å²) in [5.74, 6) is 2.86. The second-order valence-electron chi connectivity index (χ2n) is 7.74. The van der Waals surface area contributed by atoms with E-state index in [1.165, 1.54) is 0 Å². The molecule has 3 aromatic heterocycles. The number of halogens is 1. The number of nitrogens with one attached hydrogen (secondary N) is 1. The van der Waals surface area contributed by atoms with E-state index in [2.05, 4.69) is 58.2 Å². The average molecular weight is 439 g/mol. The number of benzene rings is 1. The van der Waals surface area contributed by atoms with E-state index in [4.69, 9.17) is 21.7 Å². The van der Waals surface area contributed by atoms with Crippen molar-refractivity contribution in [2.45, 2.75) is 58.9 Å². The molecule has 0 radical (unpaired) electrons. The Morgan fingerprint density at radius 3 is 2.58 bits per heavy atom. The van der Waals surface area contributed by atoms with Gasteiger partial charge in [-0.05, 0) is 47.9 Å². The van der Waals surface area contributed by atoms with Crippen LogP contribution in [0.3, 0.4) is 0 Å². The second kappa shape index (κ2) is 9.43. The number of aromatic amines is 1. The van der Waals surface area contributed by atoms with Gasteiger partial charge in [0, 0.05) is 18.0 Å². The molecular formula is C22H27ClN8. The van der Waals surface area contributed by atoms with Crippen LogP contribution in [0, 0.1) is 0 Å². The number of hydrogen-bond donors (Lipinski definition) is 1. The lowest BCUT2D eigenvalue weighted by Gasteiger charge is -2.11. The summed E-state index contributed by atoms with van der Waals surface area (Å²) in [7, 11) is 0. The molecule has 0 saturated heterocycles. The van der Waals surface area contributed by atoms with Gasteiger partial charge < -0.3 is 0 Å². The van der Waals surface area contributed by atoms with E-state index < -0.39 is 0 Å². The lowest BCUT2D eigenvalue weighted by Crippen LogP contribution is -2.08. The highest BCUT2D eigenvalue weighted by molar-refractivity contribution is 6.30. The molecule has 1 unspecified atom stereocenters. The Bertz CT molecular complexity index is 1110. The molecule has 0 fully saturated rings. The molecule has 0 amide bonds. The first kappa shape index (κ1) is 21.2. The molecule has 1 atom stereocenters. The van der Waals surface area contributed by atoms with Crippen molar-refractivity contribution in [3.05, 3.63) is 58.8 Å². The van der Waals surface area contributed by atoms with E-state index in [-0.39, 0.29) is 0 Å². The van der Waals surface area contributed by atoms with Crippen LogP contribution in [0.2, 0.25) is 5.15 Å². The van der Waals surface area contributed by atoms with Crippen LogP contribution >= 0.6 is 11.6 Å². The van der Waals surface area contributed by atoms with Crippen molar-refractivity contribution in [2.75, 3.05) is 0 Å². The van der Waals surface area contributed by atoms with Crippen molar-refractivity contribution < 1.29 is 0 Å². The Hall–Kier alpha value is -3.00. The average Bonchev–Trinajstić information content (AvgIpc) is 3.52. The van der Waals surface area contributed by atoms with Crippen molar-refractivity contribution in [2.24, 2.45) is 0 Å². The van der Waals surface area contributed by atoms with Crippen molar-refractivity contribution >= 4 is 11.6 Å². The van der Waals surface area contributed by atoms with Gasteiger partial charge >= 0.3 is 0 Å². The highest BCUT2D eigenvalue weighted by atomic mass is 35.5. The van der Waals surface area contributed by atoms with E-state index in [9.17, 15) is 0 Å². The predicted molar refractivity (Wildman–Crippen MR) is 120 cm³/mol. The van der Waals surface area contributed by atoms with Crippen LogP contribution in [0.4, 0.5) is 0 Å². The van der Waals surface area contributed by atoms with Gasteiger partial charge in [0.2, 0.25) is 5.82 Å². The molecule has 31 heavy (non-hydrogen) atoms. The maximum absolute atomic E-state index is 6.44. The first-order valence-corrected chi connectivity index (χ1v) is 11.1. The molecule has 0 saturated carbocycles. The minimum absolute atomic E-state index is 0.364. The zero-order chi connectivity index (χ0) is 21.8. The van der Waals surface area contributed by atoms with Gasteiger partial charge in [-0.2, -0.15) is 10.3 Å².